The monoisotopic (exact) mass is 474 g/mol. The fourth-order valence-corrected chi connectivity index (χ4v) is 5.42. The van der Waals surface area contributed by atoms with Gasteiger partial charge in [0.2, 0.25) is 0 Å². The van der Waals surface area contributed by atoms with Crippen LogP contribution in [0.4, 0.5) is 4.79 Å². The quantitative estimate of drug-likeness (QED) is 0.548. The van der Waals surface area contributed by atoms with Gasteiger partial charge in [0.05, 0.1) is 17.2 Å². The Kier molecular flexibility index (Phi) is 7.26. The summed E-state index contributed by atoms with van der Waals surface area (Å²) in [5.74, 6) is 6.56. The van der Waals surface area contributed by atoms with Crippen molar-refractivity contribution in [1.29, 1.82) is 0 Å². The van der Waals surface area contributed by atoms with Gasteiger partial charge in [-0.1, -0.05) is 73.6 Å². The van der Waals surface area contributed by atoms with Gasteiger partial charge < -0.3 is 20.5 Å². The van der Waals surface area contributed by atoms with E-state index in [-0.39, 0.29) is 17.7 Å². The molecule has 1 amide bonds. The first-order valence-electron chi connectivity index (χ1n) is 12.8. The van der Waals surface area contributed by atoms with Crippen molar-refractivity contribution in [3.8, 4) is 11.8 Å². The number of amides is 1. The topological polar surface area (TPSA) is 75.8 Å². The molecule has 2 atom stereocenters. The van der Waals surface area contributed by atoms with Crippen LogP contribution in [0.15, 0.2) is 54.6 Å². The summed E-state index contributed by atoms with van der Waals surface area (Å²) in [6, 6.07) is 17.7. The van der Waals surface area contributed by atoms with Crippen LogP contribution in [-0.4, -0.2) is 33.8 Å². The maximum absolute atomic E-state index is 13.2. The van der Waals surface area contributed by atoms with E-state index in [0.29, 0.717) is 19.4 Å². The molecule has 35 heavy (non-hydrogen) atoms. The molecule has 1 saturated carbocycles. The molecule has 0 radical (unpaired) electrons. The highest BCUT2D eigenvalue weighted by Crippen LogP contribution is 2.42. The van der Waals surface area contributed by atoms with E-state index in [1.807, 2.05) is 61.5 Å². The van der Waals surface area contributed by atoms with Crippen molar-refractivity contribution >= 4 is 6.09 Å². The smallest absolute Gasteiger partial charge is 0.411 e. The molecule has 4 rings (SSSR count). The Morgan fingerprint density at radius 1 is 1.06 bits per heavy atom. The molecule has 0 aromatic heterocycles. The molecule has 1 aliphatic carbocycles. The number of carbonyl (C=O) groups excluding carboxylic acids is 1. The fourth-order valence-electron chi connectivity index (χ4n) is 5.42. The van der Waals surface area contributed by atoms with Gasteiger partial charge in [-0.2, -0.15) is 0 Å². The Bertz CT molecular complexity index is 1070. The van der Waals surface area contributed by atoms with E-state index >= 15 is 0 Å². The molecular weight excluding hydrogens is 436 g/mol. The number of rotatable bonds is 5. The Balaban J connectivity index is 1.47. The lowest BCUT2D eigenvalue weighted by atomic mass is 9.80. The average molecular weight is 475 g/mol. The van der Waals surface area contributed by atoms with Crippen LogP contribution in [0.25, 0.3) is 0 Å². The SMILES string of the molecule is C[C@@H](c1ccc(C#CC2(N)CCCCC2)cc1)N1CCC(CC(C)(C)O)(c2ccccc2)OC1=O. The lowest BCUT2D eigenvalue weighted by molar-refractivity contribution is -0.101. The van der Waals surface area contributed by atoms with E-state index in [2.05, 4.69) is 11.8 Å². The van der Waals surface area contributed by atoms with Crippen molar-refractivity contribution in [2.24, 2.45) is 5.73 Å². The number of ether oxygens (including phenoxy) is 1. The maximum atomic E-state index is 13.2. The molecule has 3 N–H and O–H groups in total. The molecule has 1 unspecified atom stereocenters. The van der Waals surface area contributed by atoms with E-state index in [9.17, 15) is 9.90 Å². The Morgan fingerprint density at radius 2 is 1.71 bits per heavy atom. The van der Waals surface area contributed by atoms with Crippen LogP contribution in [0.2, 0.25) is 0 Å². The second kappa shape index (κ2) is 10.0. The number of nitrogens with two attached hydrogens (primary N) is 1. The van der Waals surface area contributed by atoms with E-state index < -0.39 is 11.2 Å². The van der Waals surface area contributed by atoms with Crippen molar-refractivity contribution in [2.75, 3.05) is 6.54 Å². The fraction of sp³-hybridized carbons (Fsp3) is 0.500. The summed E-state index contributed by atoms with van der Waals surface area (Å²) in [5.41, 5.74) is 7.16. The summed E-state index contributed by atoms with van der Waals surface area (Å²) >= 11 is 0. The van der Waals surface area contributed by atoms with Gasteiger partial charge in [0.15, 0.2) is 0 Å². The summed E-state index contributed by atoms with van der Waals surface area (Å²) in [7, 11) is 0. The van der Waals surface area contributed by atoms with Gasteiger partial charge in [-0.15, -0.1) is 0 Å². The van der Waals surface area contributed by atoms with Crippen LogP contribution in [-0.2, 0) is 10.3 Å². The average Bonchev–Trinajstić information content (AvgIpc) is 2.83. The zero-order chi connectivity index (χ0) is 25.1. The highest BCUT2D eigenvalue weighted by Gasteiger charge is 2.46. The Morgan fingerprint density at radius 3 is 2.31 bits per heavy atom. The van der Waals surface area contributed by atoms with Gasteiger partial charge in [0.25, 0.3) is 0 Å². The Labute approximate surface area is 209 Å². The predicted molar refractivity (Wildman–Crippen MR) is 139 cm³/mol. The second-order valence-electron chi connectivity index (χ2n) is 10.9. The number of hydrogen-bond acceptors (Lipinski definition) is 4. The van der Waals surface area contributed by atoms with Crippen LogP contribution >= 0.6 is 0 Å². The minimum Gasteiger partial charge on any atom is -0.438 e. The molecule has 1 saturated heterocycles. The molecular formula is C30H38N2O3. The first kappa shape index (κ1) is 25.3. The van der Waals surface area contributed by atoms with Crippen LogP contribution in [0.3, 0.4) is 0 Å². The van der Waals surface area contributed by atoms with Crippen LogP contribution in [0, 0.1) is 11.8 Å². The highest BCUT2D eigenvalue weighted by atomic mass is 16.6. The standard InChI is InChI=1S/C30H38N2O3/c1-23(25-14-12-24(13-15-25)16-19-29(31)17-8-5-9-18-29)32-21-20-30(35-27(32)33,22-28(2,3)34)26-10-6-4-7-11-26/h4,6-7,10-15,23,34H,5,8-9,17-18,20-22,31H2,1-3H3/t23-,30?/m0/s1. The molecule has 5 nitrogen and oxygen atoms in total. The van der Waals surface area contributed by atoms with Gasteiger partial charge in [0, 0.05) is 24.9 Å². The molecule has 0 bridgehead atoms. The second-order valence-corrected chi connectivity index (χ2v) is 10.9. The number of benzene rings is 2. The molecule has 0 spiro atoms. The number of hydrogen-bond donors (Lipinski definition) is 2. The summed E-state index contributed by atoms with van der Waals surface area (Å²) in [6.45, 7) is 6.07. The van der Waals surface area contributed by atoms with Gasteiger partial charge >= 0.3 is 6.09 Å². The van der Waals surface area contributed by atoms with Crippen molar-refractivity contribution < 1.29 is 14.6 Å². The lowest BCUT2D eigenvalue weighted by Gasteiger charge is -2.45. The van der Waals surface area contributed by atoms with Crippen molar-refractivity contribution in [3.05, 3.63) is 71.3 Å². The van der Waals surface area contributed by atoms with Crippen molar-refractivity contribution in [3.63, 3.8) is 0 Å². The van der Waals surface area contributed by atoms with E-state index in [1.165, 1.54) is 6.42 Å². The minimum atomic E-state index is -0.972. The summed E-state index contributed by atoms with van der Waals surface area (Å²) in [6.07, 6.45) is 6.06. The molecule has 2 fully saturated rings. The lowest BCUT2D eigenvalue weighted by Crippen LogP contribution is -2.51. The summed E-state index contributed by atoms with van der Waals surface area (Å²) in [5, 5.41) is 10.6. The van der Waals surface area contributed by atoms with E-state index in [4.69, 9.17) is 10.5 Å². The molecule has 186 valence electrons. The molecule has 2 aromatic carbocycles. The third-order valence-corrected chi connectivity index (χ3v) is 7.35. The first-order valence-corrected chi connectivity index (χ1v) is 12.8. The third-order valence-electron chi connectivity index (χ3n) is 7.35. The van der Waals surface area contributed by atoms with Gasteiger partial charge in [-0.25, -0.2) is 4.79 Å². The molecule has 1 aliphatic heterocycles. The van der Waals surface area contributed by atoms with Gasteiger partial charge in [-0.3, -0.25) is 0 Å². The zero-order valence-corrected chi connectivity index (χ0v) is 21.2. The van der Waals surface area contributed by atoms with Crippen LogP contribution in [0.5, 0.6) is 0 Å². The van der Waals surface area contributed by atoms with Crippen LogP contribution in [0.1, 0.15) is 88.4 Å². The maximum Gasteiger partial charge on any atom is 0.411 e. The molecule has 2 aromatic rings. The minimum absolute atomic E-state index is 0.139. The predicted octanol–water partition coefficient (Wildman–Crippen LogP) is 5.66. The van der Waals surface area contributed by atoms with Crippen molar-refractivity contribution in [2.45, 2.75) is 88.5 Å². The molecule has 5 heteroatoms. The van der Waals surface area contributed by atoms with Crippen molar-refractivity contribution in [1.82, 2.24) is 4.90 Å². The first-order chi connectivity index (χ1) is 16.6. The van der Waals surface area contributed by atoms with Gasteiger partial charge in [0.1, 0.15) is 5.60 Å². The number of aliphatic hydroxyl groups is 1. The largest absolute Gasteiger partial charge is 0.438 e. The molecule has 1 heterocycles. The molecule has 2 aliphatic rings. The third kappa shape index (κ3) is 6.07. The van der Waals surface area contributed by atoms with E-state index in [1.54, 1.807) is 18.7 Å². The summed E-state index contributed by atoms with van der Waals surface area (Å²) < 4.78 is 6.12. The number of carbonyl (C=O) groups is 1. The Hall–Kier alpha value is -2.81. The number of nitrogens with zero attached hydrogens (tertiary/aromatic N) is 1. The highest BCUT2D eigenvalue weighted by molar-refractivity contribution is 5.70. The van der Waals surface area contributed by atoms with Crippen LogP contribution < -0.4 is 5.73 Å². The van der Waals surface area contributed by atoms with E-state index in [0.717, 1.165) is 42.4 Å². The number of cyclic esters (lactones) is 1. The normalized spacial score (nSPS) is 23.1. The zero-order valence-electron chi connectivity index (χ0n) is 21.2. The van der Waals surface area contributed by atoms with Gasteiger partial charge in [-0.05, 0) is 56.9 Å². The summed E-state index contributed by atoms with van der Waals surface area (Å²) in [4.78, 5) is 15.0.